The largest absolute Gasteiger partial charge is 0.370 e. The number of likely N-dealkylation sites (tertiary alicyclic amines) is 1. The van der Waals surface area contributed by atoms with E-state index in [0.717, 1.165) is 12.8 Å². The van der Waals surface area contributed by atoms with Gasteiger partial charge in [0.15, 0.2) is 0 Å². The van der Waals surface area contributed by atoms with E-state index in [9.17, 15) is 14.4 Å². The van der Waals surface area contributed by atoms with Gasteiger partial charge >= 0.3 is 0 Å². The first-order chi connectivity index (χ1) is 9.81. The Hall–Kier alpha value is -1.34. The van der Waals surface area contributed by atoms with E-state index in [2.05, 4.69) is 5.32 Å². The first-order valence-electron chi connectivity index (χ1n) is 7.40. The number of carbonyl (C=O) groups is 3. The molecule has 8 heteroatoms. The Labute approximate surface area is 137 Å². The first-order valence-corrected chi connectivity index (χ1v) is 7.40. The summed E-state index contributed by atoms with van der Waals surface area (Å²) in [7, 11) is 0. The Kier molecular flexibility index (Phi) is 9.04. The molecule has 0 aliphatic carbocycles. The zero-order chi connectivity index (χ0) is 16.0. The van der Waals surface area contributed by atoms with Crippen LogP contribution in [0.1, 0.15) is 33.1 Å². The number of nitrogens with zero attached hydrogens (tertiary/aromatic N) is 1. The highest BCUT2D eigenvalue weighted by atomic mass is 35.5. The van der Waals surface area contributed by atoms with E-state index in [1.807, 2.05) is 13.8 Å². The molecule has 0 radical (unpaired) electrons. The number of primary amides is 1. The standard InChI is InChI=1S/C14H26N4O3.ClH/c1-9(2)13(16)14(21)17-7-12(20)18-5-3-4-10(8-18)6-11(15)19;/h9-10,13H,3-8,16H2,1-2H3,(H2,15,19)(H,17,21);1H/t10?,13-;/m0./s1. The van der Waals surface area contributed by atoms with Gasteiger partial charge in [-0.05, 0) is 24.7 Å². The minimum atomic E-state index is -0.609. The molecule has 0 spiro atoms. The van der Waals surface area contributed by atoms with Crippen molar-refractivity contribution in [3.63, 3.8) is 0 Å². The quantitative estimate of drug-likeness (QED) is 0.613. The molecule has 0 aromatic rings. The number of rotatable bonds is 6. The maximum atomic E-state index is 12.1. The van der Waals surface area contributed by atoms with Crippen LogP contribution in [0.25, 0.3) is 0 Å². The number of halogens is 1. The summed E-state index contributed by atoms with van der Waals surface area (Å²) in [5, 5.41) is 2.57. The van der Waals surface area contributed by atoms with Crippen molar-refractivity contribution in [2.75, 3.05) is 19.6 Å². The molecule has 1 heterocycles. The summed E-state index contributed by atoms with van der Waals surface area (Å²) in [4.78, 5) is 36.4. The lowest BCUT2D eigenvalue weighted by Crippen LogP contribution is -2.49. The molecule has 1 rings (SSSR count). The lowest BCUT2D eigenvalue weighted by Gasteiger charge is -2.32. The molecule has 7 nitrogen and oxygen atoms in total. The van der Waals surface area contributed by atoms with Crippen LogP contribution in [0, 0.1) is 11.8 Å². The molecule has 0 saturated carbocycles. The lowest BCUT2D eigenvalue weighted by molar-refractivity contribution is -0.135. The molecule has 2 atom stereocenters. The van der Waals surface area contributed by atoms with Gasteiger partial charge in [-0.2, -0.15) is 0 Å². The molecule has 0 aromatic carbocycles. The molecule has 3 amide bonds. The first kappa shape index (κ1) is 20.7. The molecular weight excluding hydrogens is 308 g/mol. The van der Waals surface area contributed by atoms with Crippen molar-refractivity contribution in [2.45, 2.75) is 39.2 Å². The highest BCUT2D eigenvalue weighted by Crippen LogP contribution is 2.19. The number of hydrogen-bond donors (Lipinski definition) is 3. The third-order valence-corrected chi connectivity index (χ3v) is 3.80. The van der Waals surface area contributed by atoms with Gasteiger partial charge in [0, 0.05) is 19.5 Å². The summed E-state index contributed by atoms with van der Waals surface area (Å²) in [6.07, 6.45) is 2.05. The van der Waals surface area contributed by atoms with Crippen LogP contribution >= 0.6 is 12.4 Å². The van der Waals surface area contributed by atoms with Crippen molar-refractivity contribution in [2.24, 2.45) is 23.3 Å². The second kappa shape index (κ2) is 9.63. The SMILES string of the molecule is CC(C)[C@H](N)C(=O)NCC(=O)N1CCCC(CC(N)=O)C1.Cl. The topological polar surface area (TPSA) is 119 Å². The van der Waals surface area contributed by atoms with Gasteiger partial charge in [0.2, 0.25) is 17.7 Å². The van der Waals surface area contributed by atoms with E-state index in [-0.39, 0.29) is 48.5 Å². The molecule has 128 valence electrons. The van der Waals surface area contributed by atoms with Crippen LogP contribution in [0.15, 0.2) is 0 Å². The number of nitrogens with one attached hydrogen (secondary N) is 1. The van der Waals surface area contributed by atoms with Gasteiger partial charge in [0.25, 0.3) is 0 Å². The number of piperidine rings is 1. The lowest BCUT2D eigenvalue weighted by atomic mass is 9.94. The van der Waals surface area contributed by atoms with Gasteiger partial charge in [-0.25, -0.2) is 0 Å². The van der Waals surface area contributed by atoms with Crippen molar-refractivity contribution in [1.29, 1.82) is 0 Å². The fourth-order valence-corrected chi connectivity index (χ4v) is 2.44. The van der Waals surface area contributed by atoms with Crippen molar-refractivity contribution < 1.29 is 14.4 Å². The summed E-state index contributed by atoms with van der Waals surface area (Å²) < 4.78 is 0. The Morgan fingerprint density at radius 2 is 1.95 bits per heavy atom. The molecule has 1 aliphatic heterocycles. The number of nitrogens with two attached hydrogens (primary N) is 2. The fraction of sp³-hybridized carbons (Fsp3) is 0.786. The second-order valence-corrected chi connectivity index (χ2v) is 6.01. The normalized spacial score (nSPS) is 19.3. The molecule has 1 fully saturated rings. The van der Waals surface area contributed by atoms with Crippen molar-refractivity contribution in [1.82, 2.24) is 10.2 Å². The highest BCUT2D eigenvalue weighted by molar-refractivity contribution is 5.87. The average Bonchev–Trinajstić information content (AvgIpc) is 2.42. The number of amides is 3. The van der Waals surface area contributed by atoms with Crippen LogP contribution < -0.4 is 16.8 Å². The van der Waals surface area contributed by atoms with E-state index in [0.29, 0.717) is 19.5 Å². The van der Waals surface area contributed by atoms with Gasteiger partial charge in [-0.3, -0.25) is 14.4 Å². The average molecular weight is 335 g/mol. The molecule has 5 N–H and O–H groups in total. The zero-order valence-electron chi connectivity index (χ0n) is 13.2. The maximum Gasteiger partial charge on any atom is 0.241 e. The van der Waals surface area contributed by atoms with Gasteiger partial charge in [0.05, 0.1) is 12.6 Å². The van der Waals surface area contributed by atoms with E-state index < -0.39 is 6.04 Å². The summed E-state index contributed by atoms with van der Waals surface area (Å²) in [5.41, 5.74) is 10.9. The van der Waals surface area contributed by atoms with E-state index in [1.54, 1.807) is 4.90 Å². The Bertz CT molecular complexity index is 404. The van der Waals surface area contributed by atoms with Crippen molar-refractivity contribution >= 4 is 30.1 Å². The molecule has 1 unspecified atom stereocenters. The number of carbonyl (C=O) groups excluding carboxylic acids is 3. The van der Waals surface area contributed by atoms with Gasteiger partial charge < -0.3 is 21.7 Å². The minimum absolute atomic E-state index is 0. The van der Waals surface area contributed by atoms with Gasteiger partial charge in [0.1, 0.15) is 0 Å². The fourth-order valence-electron chi connectivity index (χ4n) is 2.44. The molecule has 0 aromatic heterocycles. The third kappa shape index (κ3) is 6.62. The Morgan fingerprint density at radius 3 is 2.50 bits per heavy atom. The van der Waals surface area contributed by atoms with E-state index >= 15 is 0 Å². The zero-order valence-corrected chi connectivity index (χ0v) is 14.0. The monoisotopic (exact) mass is 334 g/mol. The summed E-state index contributed by atoms with van der Waals surface area (Å²) in [6, 6.07) is -0.609. The van der Waals surface area contributed by atoms with Crippen molar-refractivity contribution in [3.8, 4) is 0 Å². The van der Waals surface area contributed by atoms with Gasteiger partial charge in [-0.1, -0.05) is 13.8 Å². The smallest absolute Gasteiger partial charge is 0.241 e. The van der Waals surface area contributed by atoms with Crippen LogP contribution in [0.2, 0.25) is 0 Å². The summed E-state index contributed by atoms with van der Waals surface area (Å²) >= 11 is 0. The summed E-state index contributed by atoms with van der Waals surface area (Å²) in [5.74, 6) is -0.660. The Morgan fingerprint density at radius 1 is 1.32 bits per heavy atom. The maximum absolute atomic E-state index is 12.1. The third-order valence-electron chi connectivity index (χ3n) is 3.80. The number of hydrogen-bond acceptors (Lipinski definition) is 4. The molecular formula is C14H27ClN4O3. The minimum Gasteiger partial charge on any atom is -0.370 e. The predicted molar refractivity (Wildman–Crippen MR) is 86.2 cm³/mol. The highest BCUT2D eigenvalue weighted by Gasteiger charge is 2.25. The molecule has 1 saturated heterocycles. The Balaban J connectivity index is 0.00000441. The van der Waals surface area contributed by atoms with Gasteiger partial charge in [-0.15, -0.1) is 12.4 Å². The van der Waals surface area contributed by atoms with Crippen LogP contribution in [-0.2, 0) is 14.4 Å². The molecule has 22 heavy (non-hydrogen) atoms. The second-order valence-electron chi connectivity index (χ2n) is 6.01. The van der Waals surface area contributed by atoms with E-state index in [4.69, 9.17) is 11.5 Å². The molecule has 1 aliphatic rings. The summed E-state index contributed by atoms with van der Waals surface area (Å²) in [6.45, 7) is 4.83. The van der Waals surface area contributed by atoms with Crippen LogP contribution in [-0.4, -0.2) is 48.3 Å². The van der Waals surface area contributed by atoms with Crippen molar-refractivity contribution in [3.05, 3.63) is 0 Å². The van der Waals surface area contributed by atoms with E-state index in [1.165, 1.54) is 0 Å². The van der Waals surface area contributed by atoms with Crippen LogP contribution in [0.3, 0.4) is 0 Å². The predicted octanol–water partition coefficient (Wildman–Crippen LogP) is -0.378. The van der Waals surface area contributed by atoms with Crippen LogP contribution in [0.5, 0.6) is 0 Å². The molecule has 0 bridgehead atoms. The van der Waals surface area contributed by atoms with Crippen LogP contribution in [0.4, 0.5) is 0 Å².